The van der Waals surface area contributed by atoms with Crippen LogP contribution in [0.5, 0.6) is 0 Å². The van der Waals surface area contributed by atoms with Crippen molar-refractivity contribution in [2.45, 2.75) is 13.0 Å². The Morgan fingerprint density at radius 1 is 1.10 bits per heavy atom. The molecule has 0 saturated heterocycles. The van der Waals surface area contributed by atoms with Gasteiger partial charge in [-0.2, -0.15) is 0 Å². The predicted octanol–water partition coefficient (Wildman–Crippen LogP) is 3.05. The lowest BCUT2D eigenvalue weighted by atomic mass is 10.0. The summed E-state index contributed by atoms with van der Waals surface area (Å²) in [5, 5.41) is 0. The number of benzene rings is 2. The highest BCUT2D eigenvalue weighted by Crippen LogP contribution is 2.23. The molecule has 0 fully saturated rings. The summed E-state index contributed by atoms with van der Waals surface area (Å²) in [5.74, 6) is -0.447. The molecule has 1 amide bonds. The molecule has 7 heteroatoms. The SMILES string of the molecule is O=C(c1cccc2[nH]cnc12)N1CCc2cc(=O)n(-c3ccc(F)cc3)cc2C1. The maximum Gasteiger partial charge on any atom is 0.256 e. The topological polar surface area (TPSA) is 71.0 Å². The van der Waals surface area contributed by atoms with E-state index < -0.39 is 0 Å². The lowest BCUT2D eigenvalue weighted by molar-refractivity contribution is 0.0736. The lowest BCUT2D eigenvalue weighted by Gasteiger charge is -2.29. The normalized spacial score (nSPS) is 13.5. The van der Waals surface area contributed by atoms with Crippen LogP contribution in [0, 0.1) is 5.82 Å². The third-order valence-corrected chi connectivity index (χ3v) is 5.32. The van der Waals surface area contributed by atoms with E-state index in [1.807, 2.05) is 12.1 Å². The van der Waals surface area contributed by atoms with Crippen LogP contribution in [0.1, 0.15) is 21.5 Å². The Morgan fingerprint density at radius 3 is 2.76 bits per heavy atom. The second kappa shape index (κ2) is 6.70. The van der Waals surface area contributed by atoms with Crippen LogP contribution in [0.2, 0.25) is 0 Å². The monoisotopic (exact) mass is 388 g/mol. The van der Waals surface area contributed by atoms with Gasteiger partial charge in [-0.3, -0.25) is 14.2 Å². The lowest BCUT2D eigenvalue weighted by Crippen LogP contribution is -2.37. The summed E-state index contributed by atoms with van der Waals surface area (Å²) in [4.78, 5) is 34.7. The highest BCUT2D eigenvalue weighted by molar-refractivity contribution is 6.04. The van der Waals surface area contributed by atoms with Crippen molar-refractivity contribution in [3.63, 3.8) is 0 Å². The van der Waals surface area contributed by atoms with Crippen LogP contribution < -0.4 is 5.56 Å². The van der Waals surface area contributed by atoms with Crippen LogP contribution in [-0.4, -0.2) is 31.9 Å². The molecule has 0 atom stereocenters. The molecule has 2 aromatic carbocycles. The van der Waals surface area contributed by atoms with Crippen LogP contribution >= 0.6 is 0 Å². The van der Waals surface area contributed by atoms with Gasteiger partial charge in [0.15, 0.2) is 0 Å². The van der Waals surface area contributed by atoms with Gasteiger partial charge in [-0.15, -0.1) is 0 Å². The van der Waals surface area contributed by atoms with Crippen molar-refractivity contribution in [3.8, 4) is 5.69 Å². The van der Waals surface area contributed by atoms with Gasteiger partial charge in [0.1, 0.15) is 11.3 Å². The van der Waals surface area contributed by atoms with Crippen LogP contribution in [0.3, 0.4) is 0 Å². The number of H-pyrrole nitrogens is 1. The number of nitrogens with one attached hydrogen (secondary N) is 1. The minimum Gasteiger partial charge on any atom is -0.345 e. The fraction of sp³-hybridized carbons (Fsp3) is 0.136. The number of imidazole rings is 1. The molecule has 144 valence electrons. The van der Waals surface area contributed by atoms with Crippen LogP contribution in [0.4, 0.5) is 4.39 Å². The molecule has 0 bridgehead atoms. The molecule has 0 spiro atoms. The molecule has 3 heterocycles. The third-order valence-electron chi connectivity index (χ3n) is 5.32. The van der Waals surface area contributed by atoms with Gasteiger partial charge in [0.25, 0.3) is 11.5 Å². The van der Waals surface area contributed by atoms with E-state index in [2.05, 4.69) is 9.97 Å². The van der Waals surface area contributed by atoms with Crippen molar-refractivity contribution in [1.82, 2.24) is 19.4 Å². The summed E-state index contributed by atoms with van der Waals surface area (Å²) in [6.45, 7) is 0.934. The van der Waals surface area contributed by atoms with Gasteiger partial charge in [-0.25, -0.2) is 9.37 Å². The second-order valence-electron chi connectivity index (χ2n) is 7.09. The van der Waals surface area contributed by atoms with E-state index in [-0.39, 0.29) is 17.3 Å². The van der Waals surface area contributed by atoms with E-state index in [4.69, 9.17) is 0 Å². The van der Waals surface area contributed by atoms with Crippen LogP contribution in [0.15, 0.2) is 65.8 Å². The Labute approximate surface area is 165 Å². The number of halogens is 1. The summed E-state index contributed by atoms with van der Waals surface area (Å²) >= 11 is 0. The third kappa shape index (κ3) is 3.00. The van der Waals surface area contributed by atoms with E-state index in [0.717, 1.165) is 16.6 Å². The molecule has 1 N–H and O–H groups in total. The van der Waals surface area contributed by atoms with Crippen molar-refractivity contribution in [3.05, 3.63) is 93.9 Å². The number of hydrogen-bond acceptors (Lipinski definition) is 3. The molecule has 29 heavy (non-hydrogen) atoms. The van der Waals surface area contributed by atoms with Gasteiger partial charge < -0.3 is 9.88 Å². The number of nitrogens with zero attached hydrogens (tertiary/aromatic N) is 3. The van der Waals surface area contributed by atoms with Gasteiger partial charge in [-0.1, -0.05) is 6.07 Å². The first-order chi connectivity index (χ1) is 14.1. The molecule has 1 aliphatic heterocycles. The van der Waals surface area contributed by atoms with Gasteiger partial charge in [0.2, 0.25) is 0 Å². The number of pyridine rings is 1. The molecule has 0 radical (unpaired) electrons. The smallest absolute Gasteiger partial charge is 0.256 e. The van der Waals surface area contributed by atoms with Crippen molar-refractivity contribution in [2.75, 3.05) is 6.54 Å². The Balaban J connectivity index is 1.49. The molecule has 6 nitrogen and oxygen atoms in total. The predicted molar refractivity (Wildman–Crippen MR) is 107 cm³/mol. The summed E-state index contributed by atoms with van der Waals surface area (Å²) in [6.07, 6.45) is 3.94. The summed E-state index contributed by atoms with van der Waals surface area (Å²) in [5.41, 5.74) is 4.29. The van der Waals surface area contributed by atoms with Gasteiger partial charge in [0.05, 0.1) is 17.4 Å². The first-order valence-electron chi connectivity index (χ1n) is 9.32. The molecule has 5 rings (SSSR count). The Hall–Kier alpha value is -3.74. The zero-order valence-electron chi connectivity index (χ0n) is 15.4. The van der Waals surface area contributed by atoms with Crippen molar-refractivity contribution >= 4 is 16.9 Å². The van der Waals surface area contributed by atoms with Gasteiger partial charge in [-0.05, 0) is 53.9 Å². The second-order valence-corrected chi connectivity index (χ2v) is 7.09. The molecule has 0 saturated carbocycles. The summed E-state index contributed by atoms with van der Waals surface area (Å²) in [6, 6.07) is 12.9. The molecule has 0 aliphatic carbocycles. The van der Waals surface area contributed by atoms with E-state index >= 15 is 0 Å². The number of fused-ring (bicyclic) bond motifs is 2. The minimum atomic E-state index is -0.357. The average Bonchev–Trinajstić information content (AvgIpc) is 3.22. The molecule has 4 aromatic rings. The fourth-order valence-corrected chi connectivity index (χ4v) is 3.81. The number of aromatic nitrogens is 3. The molecule has 0 unspecified atom stereocenters. The van der Waals surface area contributed by atoms with Gasteiger partial charge in [0, 0.05) is 31.0 Å². The van der Waals surface area contributed by atoms with E-state index in [0.29, 0.717) is 36.3 Å². The first-order valence-corrected chi connectivity index (χ1v) is 9.32. The first kappa shape index (κ1) is 17.4. The number of aromatic amines is 1. The number of amides is 1. The Morgan fingerprint density at radius 2 is 1.93 bits per heavy atom. The number of carbonyl (C=O) groups excluding carboxylic acids is 1. The van der Waals surface area contributed by atoms with Crippen molar-refractivity contribution in [2.24, 2.45) is 0 Å². The Bertz CT molecular complexity index is 1290. The summed E-state index contributed by atoms with van der Waals surface area (Å²) in [7, 11) is 0. The molecule has 1 aliphatic rings. The number of para-hydroxylation sites is 1. The van der Waals surface area contributed by atoms with Gasteiger partial charge >= 0.3 is 0 Å². The highest BCUT2D eigenvalue weighted by atomic mass is 19.1. The van der Waals surface area contributed by atoms with Crippen LogP contribution in [-0.2, 0) is 13.0 Å². The fourth-order valence-electron chi connectivity index (χ4n) is 3.81. The highest BCUT2D eigenvalue weighted by Gasteiger charge is 2.24. The standard InChI is InChI=1S/C22H17FN4O2/c23-16-4-6-17(7-5-16)27-12-15-11-26(9-8-14(15)10-20(27)28)22(29)18-2-1-3-19-21(18)25-13-24-19/h1-7,10,12-13H,8-9,11H2,(H,24,25). The van der Waals surface area contributed by atoms with Crippen molar-refractivity contribution in [1.29, 1.82) is 0 Å². The van der Waals surface area contributed by atoms with Crippen LogP contribution in [0.25, 0.3) is 16.7 Å². The van der Waals surface area contributed by atoms with E-state index in [1.54, 1.807) is 41.7 Å². The van der Waals surface area contributed by atoms with E-state index in [1.165, 1.54) is 16.7 Å². The largest absolute Gasteiger partial charge is 0.345 e. The molecular weight excluding hydrogens is 371 g/mol. The van der Waals surface area contributed by atoms with E-state index in [9.17, 15) is 14.0 Å². The number of rotatable bonds is 2. The minimum absolute atomic E-state index is 0.0899. The zero-order chi connectivity index (χ0) is 20.0. The maximum absolute atomic E-state index is 13.2. The zero-order valence-corrected chi connectivity index (χ0v) is 15.4. The maximum atomic E-state index is 13.2. The quantitative estimate of drug-likeness (QED) is 0.574. The Kier molecular flexibility index (Phi) is 4.01. The number of hydrogen-bond donors (Lipinski definition) is 1. The summed E-state index contributed by atoms with van der Waals surface area (Å²) < 4.78 is 14.7. The molecule has 2 aromatic heterocycles. The van der Waals surface area contributed by atoms with Crippen molar-refractivity contribution < 1.29 is 9.18 Å². The average molecular weight is 388 g/mol. The molecular formula is C22H17FN4O2. The number of carbonyl (C=O) groups is 1.